The summed E-state index contributed by atoms with van der Waals surface area (Å²) < 4.78 is 5.61. The SMILES string of the molecule is CN=C(NCc1nc(C)c(C)o1)NCC(c1cccs1)N1CCCC1. The van der Waals surface area contributed by atoms with Crippen LogP contribution in [-0.4, -0.2) is 42.5 Å². The molecule has 1 saturated heterocycles. The third kappa shape index (κ3) is 4.61. The van der Waals surface area contributed by atoms with Crippen LogP contribution in [0.1, 0.15) is 41.1 Å². The average molecular weight is 362 g/mol. The molecule has 3 heterocycles. The highest BCUT2D eigenvalue weighted by Crippen LogP contribution is 2.27. The Morgan fingerprint density at radius 3 is 2.76 bits per heavy atom. The van der Waals surface area contributed by atoms with Crippen LogP contribution in [0.5, 0.6) is 0 Å². The van der Waals surface area contributed by atoms with E-state index in [0.717, 1.165) is 24.0 Å². The Morgan fingerprint density at radius 1 is 1.36 bits per heavy atom. The van der Waals surface area contributed by atoms with Gasteiger partial charge in [-0.25, -0.2) is 4.98 Å². The minimum atomic E-state index is 0.396. The summed E-state index contributed by atoms with van der Waals surface area (Å²) in [6.07, 6.45) is 2.58. The zero-order valence-electron chi connectivity index (χ0n) is 15.2. The summed E-state index contributed by atoms with van der Waals surface area (Å²) in [4.78, 5) is 12.7. The van der Waals surface area contributed by atoms with Crippen molar-refractivity contribution >= 4 is 17.3 Å². The van der Waals surface area contributed by atoms with Crippen LogP contribution in [0, 0.1) is 13.8 Å². The second-order valence-electron chi connectivity index (χ2n) is 6.33. The van der Waals surface area contributed by atoms with Crippen LogP contribution in [-0.2, 0) is 6.54 Å². The van der Waals surface area contributed by atoms with Crippen LogP contribution >= 0.6 is 11.3 Å². The predicted octanol–water partition coefficient (Wildman–Crippen LogP) is 2.86. The van der Waals surface area contributed by atoms with Gasteiger partial charge in [-0.3, -0.25) is 9.89 Å². The number of nitrogens with zero attached hydrogens (tertiary/aromatic N) is 3. The second-order valence-corrected chi connectivity index (χ2v) is 7.31. The first kappa shape index (κ1) is 17.9. The van der Waals surface area contributed by atoms with Gasteiger partial charge in [0.25, 0.3) is 0 Å². The third-order valence-electron chi connectivity index (χ3n) is 4.62. The predicted molar refractivity (Wildman–Crippen MR) is 102 cm³/mol. The number of aromatic nitrogens is 1. The van der Waals surface area contributed by atoms with Crippen molar-refractivity contribution in [3.63, 3.8) is 0 Å². The summed E-state index contributed by atoms with van der Waals surface area (Å²) in [7, 11) is 1.79. The summed E-state index contributed by atoms with van der Waals surface area (Å²) in [5.41, 5.74) is 0.937. The molecule has 25 heavy (non-hydrogen) atoms. The molecular weight excluding hydrogens is 334 g/mol. The van der Waals surface area contributed by atoms with Gasteiger partial charge < -0.3 is 15.1 Å². The van der Waals surface area contributed by atoms with Crippen LogP contribution in [0.3, 0.4) is 0 Å². The van der Waals surface area contributed by atoms with Crippen LogP contribution in [0.25, 0.3) is 0 Å². The highest BCUT2D eigenvalue weighted by molar-refractivity contribution is 7.10. The van der Waals surface area contributed by atoms with Crippen LogP contribution in [0.15, 0.2) is 26.9 Å². The quantitative estimate of drug-likeness (QED) is 0.612. The molecule has 2 aromatic heterocycles. The van der Waals surface area contributed by atoms with Crippen molar-refractivity contribution in [2.24, 2.45) is 4.99 Å². The molecule has 6 nitrogen and oxygen atoms in total. The topological polar surface area (TPSA) is 65.7 Å². The molecule has 1 atom stereocenters. The van der Waals surface area contributed by atoms with E-state index in [1.54, 1.807) is 7.05 Å². The molecule has 0 aliphatic carbocycles. The number of oxazole rings is 1. The number of hydrogen-bond acceptors (Lipinski definition) is 5. The molecule has 3 rings (SSSR count). The molecule has 1 unspecified atom stereocenters. The summed E-state index contributed by atoms with van der Waals surface area (Å²) in [5.74, 6) is 2.33. The Hall–Kier alpha value is -1.86. The van der Waals surface area contributed by atoms with Gasteiger partial charge in [0.2, 0.25) is 5.89 Å². The number of aliphatic imine (C=N–C) groups is 1. The molecule has 0 aromatic carbocycles. The average Bonchev–Trinajstić information content (AvgIpc) is 3.35. The summed E-state index contributed by atoms with van der Waals surface area (Å²) in [6, 6.07) is 4.75. The second kappa shape index (κ2) is 8.49. The molecule has 0 bridgehead atoms. The first-order valence-electron chi connectivity index (χ1n) is 8.82. The van der Waals surface area contributed by atoms with E-state index < -0.39 is 0 Å². The summed E-state index contributed by atoms with van der Waals surface area (Å²) in [6.45, 7) is 7.60. The first-order chi connectivity index (χ1) is 12.2. The molecule has 0 spiro atoms. The van der Waals surface area contributed by atoms with Crippen molar-refractivity contribution in [2.75, 3.05) is 26.7 Å². The van der Waals surface area contributed by atoms with Crippen molar-refractivity contribution in [3.8, 4) is 0 Å². The highest BCUT2D eigenvalue weighted by atomic mass is 32.1. The standard InChI is InChI=1S/C18H27N5OS/c1-13-14(2)24-17(22-13)12-21-18(19-3)20-11-15(16-7-6-10-25-16)23-8-4-5-9-23/h6-7,10,15H,4-5,8-9,11-12H2,1-3H3,(H2,19,20,21). The maximum absolute atomic E-state index is 5.61. The molecule has 0 saturated carbocycles. The fourth-order valence-corrected chi connectivity index (χ4v) is 3.99. The fraction of sp³-hybridized carbons (Fsp3) is 0.556. The number of nitrogens with one attached hydrogen (secondary N) is 2. The molecule has 136 valence electrons. The Morgan fingerprint density at radius 2 is 2.16 bits per heavy atom. The molecule has 2 aromatic rings. The van der Waals surface area contributed by atoms with Gasteiger partial charge in [0.1, 0.15) is 5.76 Å². The number of aryl methyl sites for hydroxylation is 2. The third-order valence-corrected chi connectivity index (χ3v) is 5.59. The van der Waals surface area contributed by atoms with E-state index in [4.69, 9.17) is 4.42 Å². The van der Waals surface area contributed by atoms with Crippen LogP contribution < -0.4 is 10.6 Å². The smallest absolute Gasteiger partial charge is 0.214 e. The molecule has 1 fully saturated rings. The molecule has 1 aliphatic rings. The normalized spacial score (nSPS) is 17.0. The van der Waals surface area contributed by atoms with Crippen molar-refractivity contribution < 1.29 is 4.42 Å². The Kier molecular flexibility index (Phi) is 6.09. The number of hydrogen-bond donors (Lipinski definition) is 2. The number of rotatable bonds is 6. The zero-order chi connectivity index (χ0) is 17.6. The van der Waals surface area contributed by atoms with Crippen molar-refractivity contribution in [1.29, 1.82) is 0 Å². The number of likely N-dealkylation sites (tertiary alicyclic amines) is 1. The number of guanidine groups is 1. The van der Waals surface area contributed by atoms with E-state index in [2.05, 4.69) is 43.0 Å². The monoisotopic (exact) mass is 361 g/mol. The fourth-order valence-electron chi connectivity index (χ4n) is 3.13. The van der Waals surface area contributed by atoms with E-state index in [-0.39, 0.29) is 0 Å². The van der Waals surface area contributed by atoms with Crippen LogP contribution in [0.4, 0.5) is 0 Å². The number of thiophene rings is 1. The minimum Gasteiger partial charge on any atom is -0.444 e. The first-order valence-corrected chi connectivity index (χ1v) is 9.70. The minimum absolute atomic E-state index is 0.396. The molecule has 0 amide bonds. The summed E-state index contributed by atoms with van der Waals surface area (Å²) >= 11 is 1.82. The van der Waals surface area contributed by atoms with Gasteiger partial charge in [-0.2, -0.15) is 0 Å². The van der Waals surface area contributed by atoms with Crippen LogP contribution in [0.2, 0.25) is 0 Å². The molecule has 2 N–H and O–H groups in total. The van der Waals surface area contributed by atoms with Gasteiger partial charge in [-0.15, -0.1) is 11.3 Å². The van der Waals surface area contributed by atoms with Gasteiger partial charge in [-0.05, 0) is 51.2 Å². The lowest BCUT2D eigenvalue weighted by atomic mass is 10.2. The summed E-state index contributed by atoms with van der Waals surface area (Å²) in [5, 5.41) is 8.90. The Bertz CT molecular complexity index is 669. The largest absolute Gasteiger partial charge is 0.444 e. The van der Waals surface area contributed by atoms with Gasteiger partial charge in [0.15, 0.2) is 5.96 Å². The van der Waals surface area contributed by atoms with E-state index in [0.29, 0.717) is 18.5 Å². The van der Waals surface area contributed by atoms with E-state index >= 15 is 0 Å². The zero-order valence-corrected chi connectivity index (χ0v) is 16.0. The van der Waals surface area contributed by atoms with Gasteiger partial charge in [0, 0.05) is 18.5 Å². The van der Waals surface area contributed by atoms with E-state index in [9.17, 15) is 0 Å². The molecule has 7 heteroatoms. The maximum Gasteiger partial charge on any atom is 0.214 e. The highest BCUT2D eigenvalue weighted by Gasteiger charge is 2.24. The van der Waals surface area contributed by atoms with Gasteiger partial charge in [-0.1, -0.05) is 6.07 Å². The Balaban J connectivity index is 1.56. The van der Waals surface area contributed by atoms with Gasteiger partial charge in [0.05, 0.1) is 18.3 Å². The lowest BCUT2D eigenvalue weighted by molar-refractivity contribution is 0.249. The van der Waals surface area contributed by atoms with Crippen molar-refractivity contribution in [2.45, 2.75) is 39.3 Å². The molecule has 0 radical (unpaired) electrons. The van der Waals surface area contributed by atoms with Gasteiger partial charge >= 0.3 is 0 Å². The lowest BCUT2D eigenvalue weighted by Gasteiger charge is -2.27. The van der Waals surface area contributed by atoms with Crippen molar-refractivity contribution in [3.05, 3.63) is 39.7 Å². The Labute approximate surface area is 153 Å². The van der Waals surface area contributed by atoms with E-state index in [1.165, 1.54) is 30.8 Å². The maximum atomic E-state index is 5.61. The molecular formula is C18H27N5OS. The van der Waals surface area contributed by atoms with Crippen molar-refractivity contribution in [1.82, 2.24) is 20.5 Å². The lowest BCUT2D eigenvalue weighted by Crippen LogP contribution is -2.42. The van der Waals surface area contributed by atoms with E-state index in [1.807, 2.05) is 25.2 Å². The molecule has 1 aliphatic heterocycles.